The van der Waals surface area contributed by atoms with Crippen LogP contribution in [0.5, 0.6) is 5.75 Å². The van der Waals surface area contributed by atoms with Gasteiger partial charge in [0.25, 0.3) is 0 Å². The predicted octanol–water partition coefficient (Wildman–Crippen LogP) is 11.2. The molecular formula is C47H35N5O. The number of hydrogen-bond donors (Lipinski definition) is 3. The van der Waals surface area contributed by atoms with Crippen LogP contribution in [0.25, 0.3) is 79.8 Å². The minimum Gasteiger partial charge on any atom is -0.497 e. The summed E-state index contributed by atoms with van der Waals surface area (Å²) in [6.45, 7) is 0.703. The molecular weight excluding hydrogens is 651 g/mol. The molecule has 0 fully saturated rings. The van der Waals surface area contributed by atoms with Crippen LogP contribution >= 0.6 is 0 Å². The first-order chi connectivity index (χ1) is 26.2. The number of hydrogen-bond acceptors (Lipinski definition) is 4. The molecule has 0 radical (unpaired) electrons. The van der Waals surface area contributed by atoms with E-state index < -0.39 is 0 Å². The number of nitrogens with one attached hydrogen (secondary N) is 3. The topological polar surface area (TPSA) is 78.6 Å². The number of fused-ring (bicyclic) bond motifs is 11. The van der Waals surface area contributed by atoms with Crippen molar-refractivity contribution in [3.05, 3.63) is 167 Å². The zero-order valence-corrected chi connectivity index (χ0v) is 29.2. The molecule has 3 N–H and O–H groups in total. The Bertz CT molecular complexity index is 2800. The molecule has 0 spiro atoms. The summed E-state index contributed by atoms with van der Waals surface area (Å²) in [5.74, 6) is 0.813. The first-order valence-electron chi connectivity index (χ1n) is 17.9. The minimum atomic E-state index is 0.703. The molecule has 0 amide bonds. The maximum absolute atomic E-state index is 5.44. The molecule has 6 heteroatoms. The first-order valence-corrected chi connectivity index (χ1v) is 17.9. The van der Waals surface area contributed by atoms with Crippen molar-refractivity contribution in [3.8, 4) is 39.1 Å². The highest BCUT2D eigenvalue weighted by molar-refractivity contribution is 5.96. The summed E-state index contributed by atoms with van der Waals surface area (Å²) in [4.78, 5) is 17.6. The number of methoxy groups -OCH3 is 1. The zero-order valence-electron chi connectivity index (χ0n) is 29.2. The van der Waals surface area contributed by atoms with Crippen molar-refractivity contribution in [2.45, 2.75) is 13.0 Å². The van der Waals surface area contributed by atoms with Gasteiger partial charge < -0.3 is 20.0 Å². The molecule has 0 saturated carbocycles. The summed E-state index contributed by atoms with van der Waals surface area (Å²) in [5, 5.41) is 3.83. The molecule has 254 valence electrons. The number of benzene rings is 4. The molecule has 0 atom stereocenters. The van der Waals surface area contributed by atoms with Crippen LogP contribution in [0.15, 0.2) is 127 Å². The van der Waals surface area contributed by atoms with Gasteiger partial charge in [0, 0.05) is 51.0 Å². The molecule has 7 aromatic rings. The molecule has 0 saturated heterocycles. The summed E-state index contributed by atoms with van der Waals surface area (Å²) in [6.07, 6.45) is 9.34. The fourth-order valence-electron chi connectivity index (χ4n) is 7.88. The van der Waals surface area contributed by atoms with Crippen molar-refractivity contribution in [2.24, 2.45) is 0 Å². The van der Waals surface area contributed by atoms with Crippen molar-refractivity contribution in [3.63, 3.8) is 0 Å². The molecule has 5 heterocycles. The normalized spacial score (nSPS) is 12.5. The summed E-state index contributed by atoms with van der Waals surface area (Å²) in [7, 11) is 1.68. The third-order valence-electron chi connectivity index (χ3n) is 10.3. The van der Waals surface area contributed by atoms with Crippen molar-refractivity contribution in [1.29, 1.82) is 0 Å². The van der Waals surface area contributed by atoms with E-state index in [2.05, 4.69) is 155 Å². The van der Waals surface area contributed by atoms with Crippen molar-refractivity contribution in [2.75, 3.05) is 12.4 Å². The van der Waals surface area contributed by atoms with Gasteiger partial charge in [-0.1, -0.05) is 72.8 Å². The number of aromatic nitrogens is 4. The number of aromatic amines is 2. The molecule has 0 unspecified atom stereocenters. The molecule has 8 bridgehead atoms. The van der Waals surface area contributed by atoms with Crippen LogP contribution < -0.4 is 10.1 Å². The predicted molar refractivity (Wildman–Crippen MR) is 218 cm³/mol. The number of anilines is 1. The summed E-state index contributed by atoms with van der Waals surface area (Å²) < 4.78 is 5.44. The van der Waals surface area contributed by atoms with Gasteiger partial charge in [-0.25, -0.2) is 9.97 Å². The smallest absolute Gasteiger partial charge is 0.118 e. The van der Waals surface area contributed by atoms with Gasteiger partial charge in [-0.2, -0.15) is 0 Å². The number of para-hydroxylation sites is 1. The Morgan fingerprint density at radius 1 is 0.585 bits per heavy atom. The Balaban J connectivity index is 1.12. The van der Waals surface area contributed by atoms with E-state index in [4.69, 9.17) is 14.7 Å². The Kier molecular flexibility index (Phi) is 7.39. The van der Waals surface area contributed by atoms with E-state index in [-0.39, 0.29) is 0 Å². The Morgan fingerprint density at radius 2 is 1.23 bits per heavy atom. The largest absolute Gasteiger partial charge is 0.497 e. The lowest BCUT2D eigenvalue weighted by Gasteiger charge is -2.15. The second-order valence-corrected chi connectivity index (χ2v) is 13.6. The van der Waals surface area contributed by atoms with Gasteiger partial charge in [0.05, 0.1) is 29.9 Å². The summed E-state index contributed by atoms with van der Waals surface area (Å²) >= 11 is 0. The lowest BCUT2D eigenvalue weighted by atomic mass is 9.98. The SMILES string of the molecule is COc1ccc(-c2c3nc(cc4ccc([nH]4)c(-c4ccccc4NCc4cccc5c4-c4ccccc4C5)c4nc(cc5ccc2[nH]5)C=C4)C=C3)cc1. The van der Waals surface area contributed by atoms with Crippen LogP contribution in [0.4, 0.5) is 5.69 Å². The standard InChI is InChI=1S/C47H35N5O/c1-53-37-19-13-29(14-20-37)46-41-21-15-33(49-41)26-35-17-23-43(51-35)47(44-24-18-36(52-44)27-34-16-22-42(46)50-34)39-11-4-5-12-40(39)48-28-32-9-6-8-31-25-30-7-2-3-10-38(30)45(31)32/h2-24,26-27,48-49,52H,25,28H2,1H3. The average Bonchev–Trinajstić information content (AvgIpc) is 4.05. The second-order valence-electron chi connectivity index (χ2n) is 13.6. The summed E-state index contributed by atoms with van der Waals surface area (Å²) in [6, 6.07) is 44.8. The zero-order chi connectivity index (χ0) is 35.3. The Morgan fingerprint density at radius 3 is 1.96 bits per heavy atom. The van der Waals surface area contributed by atoms with E-state index >= 15 is 0 Å². The van der Waals surface area contributed by atoms with Gasteiger partial charge in [-0.05, 0) is 119 Å². The maximum atomic E-state index is 5.44. The highest BCUT2D eigenvalue weighted by atomic mass is 16.5. The maximum Gasteiger partial charge on any atom is 0.118 e. The molecule has 4 aromatic carbocycles. The van der Waals surface area contributed by atoms with Crippen LogP contribution in [0, 0.1) is 0 Å². The molecule has 3 aliphatic rings. The van der Waals surface area contributed by atoms with E-state index in [9.17, 15) is 0 Å². The third-order valence-corrected chi connectivity index (χ3v) is 10.3. The fourth-order valence-corrected chi connectivity index (χ4v) is 7.88. The van der Waals surface area contributed by atoms with E-state index in [1.165, 1.54) is 27.8 Å². The van der Waals surface area contributed by atoms with E-state index in [0.29, 0.717) is 6.54 Å². The monoisotopic (exact) mass is 685 g/mol. The molecule has 53 heavy (non-hydrogen) atoms. The summed E-state index contributed by atoms with van der Waals surface area (Å²) in [5.41, 5.74) is 19.4. The van der Waals surface area contributed by atoms with Crippen LogP contribution in [-0.4, -0.2) is 27.0 Å². The van der Waals surface area contributed by atoms with Crippen LogP contribution in [0.3, 0.4) is 0 Å². The quantitative estimate of drug-likeness (QED) is 0.163. The average molecular weight is 686 g/mol. The Labute approximate surface area is 307 Å². The van der Waals surface area contributed by atoms with Crippen molar-refractivity contribution >= 4 is 52.1 Å². The number of H-pyrrole nitrogens is 2. The van der Waals surface area contributed by atoms with Gasteiger partial charge in [-0.3, -0.25) is 0 Å². The van der Waals surface area contributed by atoms with E-state index in [1.807, 2.05) is 12.1 Å². The van der Waals surface area contributed by atoms with Crippen molar-refractivity contribution in [1.82, 2.24) is 19.9 Å². The van der Waals surface area contributed by atoms with Crippen LogP contribution in [0.1, 0.15) is 39.5 Å². The molecule has 3 aromatic heterocycles. The Hall–Kier alpha value is -6.92. The van der Waals surface area contributed by atoms with Crippen molar-refractivity contribution < 1.29 is 4.74 Å². The highest BCUT2D eigenvalue weighted by Gasteiger charge is 2.21. The number of nitrogens with zero attached hydrogens (tertiary/aromatic N) is 2. The van der Waals surface area contributed by atoms with Gasteiger partial charge >= 0.3 is 0 Å². The molecule has 10 rings (SSSR count). The second kappa shape index (κ2) is 12.7. The number of rotatable bonds is 6. The molecule has 1 aliphatic carbocycles. The van der Waals surface area contributed by atoms with E-state index in [0.717, 1.165) is 85.0 Å². The fraction of sp³-hybridized carbons (Fsp3) is 0.0638. The van der Waals surface area contributed by atoms with Gasteiger partial charge in [0.15, 0.2) is 0 Å². The van der Waals surface area contributed by atoms with Gasteiger partial charge in [-0.15, -0.1) is 0 Å². The van der Waals surface area contributed by atoms with Gasteiger partial charge in [0.1, 0.15) is 5.75 Å². The van der Waals surface area contributed by atoms with E-state index in [1.54, 1.807) is 7.11 Å². The lowest BCUT2D eigenvalue weighted by Crippen LogP contribution is -2.03. The first kappa shape index (κ1) is 30.9. The molecule has 2 aliphatic heterocycles. The third kappa shape index (κ3) is 5.61. The van der Waals surface area contributed by atoms with Crippen LogP contribution in [-0.2, 0) is 13.0 Å². The van der Waals surface area contributed by atoms with Gasteiger partial charge in [0.2, 0.25) is 0 Å². The lowest BCUT2D eigenvalue weighted by molar-refractivity contribution is 0.415. The highest BCUT2D eigenvalue weighted by Crippen LogP contribution is 2.40. The minimum absolute atomic E-state index is 0.703. The molecule has 6 nitrogen and oxygen atoms in total. The number of ether oxygens (including phenoxy) is 1. The van der Waals surface area contributed by atoms with Crippen LogP contribution in [0.2, 0.25) is 0 Å².